The largest absolute Gasteiger partial charge is 0.455 e. The summed E-state index contributed by atoms with van der Waals surface area (Å²) >= 11 is 0. The first-order valence-corrected chi connectivity index (χ1v) is 11.3. The lowest BCUT2D eigenvalue weighted by atomic mass is 9.88. The highest BCUT2D eigenvalue weighted by Crippen LogP contribution is 2.30. The van der Waals surface area contributed by atoms with Crippen LogP contribution in [0.2, 0.25) is 0 Å². The van der Waals surface area contributed by atoms with E-state index in [0.29, 0.717) is 5.56 Å². The van der Waals surface area contributed by atoms with Crippen LogP contribution in [0.3, 0.4) is 0 Å². The molecular formula is C23H23NO4S. The van der Waals surface area contributed by atoms with Crippen LogP contribution >= 0.6 is 0 Å². The van der Waals surface area contributed by atoms with Crippen molar-refractivity contribution in [1.29, 1.82) is 0 Å². The molecule has 0 radical (unpaired) electrons. The molecule has 1 aromatic heterocycles. The molecule has 0 saturated heterocycles. The number of hydrogen-bond acceptors (Lipinski definition) is 4. The van der Waals surface area contributed by atoms with E-state index < -0.39 is 9.84 Å². The fraction of sp³-hybridized carbons (Fsp3) is 0.261. The van der Waals surface area contributed by atoms with E-state index in [-0.39, 0.29) is 34.1 Å². The molecule has 1 amide bonds. The van der Waals surface area contributed by atoms with Gasteiger partial charge in [-0.3, -0.25) is 4.79 Å². The van der Waals surface area contributed by atoms with E-state index in [4.69, 9.17) is 4.42 Å². The number of sulfone groups is 1. The first-order valence-electron chi connectivity index (χ1n) is 9.70. The van der Waals surface area contributed by atoms with Crippen molar-refractivity contribution in [3.05, 3.63) is 88.9 Å². The minimum atomic E-state index is -3.55. The maximum Gasteiger partial charge on any atom is 0.287 e. The van der Waals surface area contributed by atoms with Crippen LogP contribution in [0.4, 0.5) is 0 Å². The van der Waals surface area contributed by atoms with Crippen LogP contribution in [-0.2, 0) is 22.0 Å². The molecule has 1 atom stereocenters. The molecule has 5 nitrogen and oxygen atoms in total. The average Bonchev–Trinajstić information content (AvgIpc) is 3.16. The van der Waals surface area contributed by atoms with E-state index in [2.05, 4.69) is 11.4 Å². The van der Waals surface area contributed by atoms with Crippen LogP contribution < -0.4 is 5.32 Å². The lowest BCUT2D eigenvalue weighted by molar-refractivity contribution is 0.0903. The molecule has 150 valence electrons. The Morgan fingerprint density at radius 2 is 1.83 bits per heavy atom. The summed E-state index contributed by atoms with van der Waals surface area (Å²) in [7, 11) is -3.55. The first kappa shape index (κ1) is 19.5. The van der Waals surface area contributed by atoms with Gasteiger partial charge in [-0.1, -0.05) is 42.5 Å². The Bertz CT molecular complexity index is 1150. The molecule has 0 saturated carbocycles. The van der Waals surface area contributed by atoms with Crippen molar-refractivity contribution >= 4 is 15.7 Å². The number of carbonyl (C=O) groups is 1. The lowest BCUT2D eigenvalue weighted by Crippen LogP contribution is -2.30. The summed E-state index contributed by atoms with van der Waals surface area (Å²) in [6, 6.07) is 18.0. The molecule has 0 fully saturated rings. The van der Waals surface area contributed by atoms with E-state index in [9.17, 15) is 13.2 Å². The second kappa shape index (κ2) is 7.87. The summed E-state index contributed by atoms with van der Waals surface area (Å²) < 4.78 is 31.0. The summed E-state index contributed by atoms with van der Waals surface area (Å²) in [6.07, 6.45) is 2.90. The van der Waals surface area contributed by atoms with Gasteiger partial charge in [-0.05, 0) is 61.1 Å². The molecule has 1 aliphatic carbocycles. The lowest BCUT2D eigenvalue weighted by Gasteiger charge is -2.26. The fourth-order valence-electron chi connectivity index (χ4n) is 3.88. The number of aryl methyl sites for hydroxylation is 2. The number of furan rings is 1. The zero-order valence-electron chi connectivity index (χ0n) is 16.2. The molecule has 29 heavy (non-hydrogen) atoms. The molecule has 1 N–H and O–H groups in total. The Labute approximate surface area is 170 Å². The number of nitrogens with one attached hydrogen (secondary N) is 1. The fourth-order valence-corrected chi connectivity index (χ4v) is 5.41. The van der Waals surface area contributed by atoms with Crippen LogP contribution in [0.15, 0.2) is 70.0 Å². The quantitative estimate of drug-likeness (QED) is 0.679. The highest BCUT2D eigenvalue weighted by Gasteiger charge is 2.24. The van der Waals surface area contributed by atoms with Crippen molar-refractivity contribution < 1.29 is 17.6 Å². The van der Waals surface area contributed by atoms with Crippen molar-refractivity contribution in [1.82, 2.24) is 5.32 Å². The van der Waals surface area contributed by atoms with Gasteiger partial charge in [-0.15, -0.1) is 0 Å². The minimum absolute atomic E-state index is 0.0586. The summed E-state index contributed by atoms with van der Waals surface area (Å²) in [5.74, 6) is -0.228. The van der Waals surface area contributed by atoms with Gasteiger partial charge in [-0.2, -0.15) is 0 Å². The summed E-state index contributed by atoms with van der Waals surface area (Å²) in [5, 5.41) is 3.03. The van der Waals surface area contributed by atoms with Crippen LogP contribution in [0.5, 0.6) is 0 Å². The van der Waals surface area contributed by atoms with Crippen LogP contribution in [0.25, 0.3) is 0 Å². The Hall–Kier alpha value is -2.86. The van der Waals surface area contributed by atoms with Gasteiger partial charge in [-0.25, -0.2) is 8.42 Å². The molecule has 0 bridgehead atoms. The Balaban J connectivity index is 1.48. The van der Waals surface area contributed by atoms with Gasteiger partial charge in [0.25, 0.3) is 5.91 Å². The van der Waals surface area contributed by atoms with Crippen molar-refractivity contribution in [3.63, 3.8) is 0 Å². The maximum absolute atomic E-state index is 12.7. The molecule has 0 aliphatic heterocycles. The molecule has 1 heterocycles. The minimum Gasteiger partial charge on any atom is -0.455 e. The number of benzene rings is 2. The van der Waals surface area contributed by atoms with Crippen LogP contribution in [-0.4, -0.2) is 14.3 Å². The second-order valence-corrected chi connectivity index (χ2v) is 9.37. The predicted molar refractivity (Wildman–Crippen MR) is 110 cm³/mol. The van der Waals surface area contributed by atoms with Gasteiger partial charge in [0.1, 0.15) is 11.5 Å². The Kier molecular flexibility index (Phi) is 5.28. The third-order valence-corrected chi connectivity index (χ3v) is 7.11. The maximum atomic E-state index is 12.7. The molecule has 1 unspecified atom stereocenters. The van der Waals surface area contributed by atoms with Crippen LogP contribution in [0, 0.1) is 6.92 Å². The molecule has 0 spiro atoms. The third kappa shape index (κ3) is 4.12. The molecule has 3 aromatic rings. The van der Waals surface area contributed by atoms with E-state index in [0.717, 1.165) is 24.8 Å². The Morgan fingerprint density at radius 1 is 1.07 bits per heavy atom. The molecular weight excluding hydrogens is 386 g/mol. The molecule has 2 aromatic carbocycles. The van der Waals surface area contributed by atoms with Crippen molar-refractivity contribution in [3.8, 4) is 0 Å². The number of amides is 1. The van der Waals surface area contributed by atoms with Gasteiger partial charge >= 0.3 is 0 Å². The van der Waals surface area contributed by atoms with Gasteiger partial charge in [0.2, 0.25) is 0 Å². The summed E-state index contributed by atoms with van der Waals surface area (Å²) in [4.78, 5) is 13.0. The number of rotatable bonds is 5. The molecule has 1 aliphatic rings. The highest BCUT2D eigenvalue weighted by molar-refractivity contribution is 7.90. The average molecular weight is 410 g/mol. The monoisotopic (exact) mass is 409 g/mol. The normalized spacial score (nSPS) is 16.2. The smallest absolute Gasteiger partial charge is 0.287 e. The number of carbonyl (C=O) groups excluding carboxylic acids is 1. The third-order valence-electron chi connectivity index (χ3n) is 5.32. The van der Waals surface area contributed by atoms with E-state index in [1.165, 1.54) is 11.6 Å². The molecule has 6 heteroatoms. The summed E-state index contributed by atoms with van der Waals surface area (Å²) in [5.41, 5.74) is 3.09. The number of fused-ring (bicyclic) bond motifs is 1. The van der Waals surface area contributed by atoms with Crippen molar-refractivity contribution in [2.75, 3.05) is 0 Å². The topological polar surface area (TPSA) is 76.4 Å². The first-order chi connectivity index (χ1) is 13.9. The zero-order chi connectivity index (χ0) is 20.4. The van der Waals surface area contributed by atoms with Crippen molar-refractivity contribution in [2.24, 2.45) is 0 Å². The van der Waals surface area contributed by atoms with Crippen molar-refractivity contribution in [2.45, 2.75) is 42.9 Å². The number of hydrogen-bond donors (Lipinski definition) is 1. The standard InChI is InChI=1S/C23H23NO4S/c1-16-7-2-5-12-22(16)29(26,27)15-18-13-14-21(28-18)23(25)24-20-11-6-9-17-8-3-4-10-19(17)20/h2-5,7-8,10,12-14,20H,6,9,11,15H2,1H3,(H,24,25). The van der Waals surface area contributed by atoms with Gasteiger partial charge < -0.3 is 9.73 Å². The van der Waals surface area contributed by atoms with Crippen LogP contribution in [0.1, 0.15) is 51.9 Å². The summed E-state index contributed by atoms with van der Waals surface area (Å²) in [6.45, 7) is 1.76. The van der Waals surface area contributed by atoms with Gasteiger partial charge in [0.15, 0.2) is 15.6 Å². The van der Waals surface area contributed by atoms with Gasteiger partial charge in [0, 0.05) is 0 Å². The molecule has 4 rings (SSSR count). The highest BCUT2D eigenvalue weighted by atomic mass is 32.2. The van der Waals surface area contributed by atoms with E-state index >= 15 is 0 Å². The predicted octanol–water partition coefficient (Wildman–Crippen LogP) is 4.37. The zero-order valence-corrected chi connectivity index (χ0v) is 17.0. The van der Waals surface area contributed by atoms with E-state index in [1.807, 2.05) is 18.2 Å². The van der Waals surface area contributed by atoms with E-state index in [1.54, 1.807) is 37.3 Å². The second-order valence-electron chi connectivity index (χ2n) is 7.41. The Morgan fingerprint density at radius 3 is 2.66 bits per heavy atom. The SMILES string of the molecule is Cc1ccccc1S(=O)(=O)Cc1ccc(C(=O)NC2CCCc3ccccc32)o1. The van der Waals surface area contributed by atoms with Gasteiger partial charge in [0.05, 0.1) is 10.9 Å².